The molecular formula is C24H35N3O7. The topological polar surface area (TPSA) is 134 Å². The highest BCUT2D eigenvalue weighted by atomic mass is 16.6. The Balaban J connectivity index is 2.22. The van der Waals surface area contributed by atoms with E-state index in [1.807, 2.05) is 0 Å². The number of alkyl carbamates (subject to hydrolysis) is 1. The van der Waals surface area contributed by atoms with Crippen LogP contribution in [0, 0.1) is 6.92 Å². The second-order valence-electron chi connectivity index (χ2n) is 9.18. The van der Waals surface area contributed by atoms with Gasteiger partial charge in [-0.1, -0.05) is 6.07 Å². The number of esters is 1. The first kappa shape index (κ1) is 26.9. The van der Waals surface area contributed by atoms with Gasteiger partial charge in [-0.15, -0.1) is 0 Å². The standard InChI is InChI=1S/C24H35N3O7/c1-6-33-20(30)11-12-25-22(31)21(16-7-10-18(28)15(2)13-16)27(17-8-9-17)19(29)14-26-23(32)34-24(3,4)5/h7,10,13,17,21,28H,6,8-9,11-12,14H2,1-5H3,(H,25,31)(H,26,32). The van der Waals surface area contributed by atoms with Gasteiger partial charge >= 0.3 is 12.1 Å². The summed E-state index contributed by atoms with van der Waals surface area (Å²) in [4.78, 5) is 51.6. The predicted octanol–water partition coefficient (Wildman–Crippen LogP) is 2.33. The van der Waals surface area contributed by atoms with E-state index < -0.39 is 35.5 Å². The smallest absolute Gasteiger partial charge is 0.408 e. The van der Waals surface area contributed by atoms with Crippen molar-refractivity contribution < 1.29 is 33.8 Å². The second-order valence-corrected chi connectivity index (χ2v) is 9.18. The normalized spacial score (nSPS) is 14.0. The van der Waals surface area contributed by atoms with Crippen LogP contribution in [0.15, 0.2) is 18.2 Å². The molecule has 0 radical (unpaired) electrons. The zero-order valence-electron chi connectivity index (χ0n) is 20.5. The molecule has 0 aromatic heterocycles. The Morgan fingerprint density at radius 3 is 2.41 bits per heavy atom. The number of hydrogen-bond acceptors (Lipinski definition) is 7. The number of hydrogen-bond donors (Lipinski definition) is 3. The van der Waals surface area contributed by atoms with Crippen LogP contribution >= 0.6 is 0 Å². The van der Waals surface area contributed by atoms with Gasteiger partial charge in [0.05, 0.1) is 13.0 Å². The molecule has 0 saturated heterocycles. The number of aryl methyl sites for hydroxylation is 1. The zero-order chi connectivity index (χ0) is 25.5. The molecule has 3 amide bonds. The van der Waals surface area contributed by atoms with E-state index in [1.165, 1.54) is 11.0 Å². The van der Waals surface area contributed by atoms with Gasteiger partial charge in [-0.25, -0.2) is 4.79 Å². The van der Waals surface area contributed by atoms with Gasteiger partial charge in [0.25, 0.3) is 0 Å². The Bertz CT molecular complexity index is 906. The highest BCUT2D eigenvalue weighted by Gasteiger charge is 2.41. The molecule has 3 N–H and O–H groups in total. The summed E-state index contributed by atoms with van der Waals surface area (Å²) in [5, 5.41) is 15.1. The summed E-state index contributed by atoms with van der Waals surface area (Å²) in [7, 11) is 0. The largest absolute Gasteiger partial charge is 0.508 e. The van der Waals surface area contributed by atoms with E-state index in [0.29, 0.717) is 11.1 Å². The molecule has 0 aliphatic heterocycles. The van der Waals surface area contributed by atoms with Crippen LogP contribution in [-0.4, -0.2) is 65.2 Å². The monoisotopic (exact) mass is 477 g/mol. The molecule has 1 aliphatic rings. The van der Waals surface area contributed by atoms with E-state index in [-0.39, 0.29) is 37.9 Å². The summed E-state index contributed by atoms with van der Waals surface area (Å²) in [5.41, 5.74) is 0.354. The van der Waals surface area contributed by atoms with Crippen LogP contribution in [-0.2, 0) is 23.9 Å². The van der Waals surface area contributed by atoms with Crippen molar-refractivity contribution in [3.63, 3.8) is 0 Å². The molecule has 1 aromatic rings. The van der Waals surface area contributed by atoms with Crippen molar-refractivity contribution in [2.24, 2.45) is 0 Å². The minimum atomic E-state index is -0.998. The van der Waals surface area contributed by atoms with Gasteiger partial charge in [-0.3, -0.25) is 14.4 Å². The van der Waals surface area contributed by atoms with Gasteiger partial charge in [0.2, 0.25) is 11.8 Å². The molecular weight excluding hydrogens is 442 g/mol. The van der Waals surface area contributed by atoms with Crippen LogP contribution < -0.4 is 10.6 Å². The number of aromatic hydroxyl groups is 1. The van der Waals surface area contributed by atoms with E-state index in [9.17, 15) is 24.3 Å². The van der Waals surface area contributed by atoms with E-state index in [4.69, 9.17) is 9.47 Å². The Morgan fingerprint density at radius 2 is 1.85 bits per heavy atom. The maximum Gasteiger partial charge on any atom is 0.408 e. The lowest BCUT2D eigenvalue weighted by molar-refractivity contribution is -0.144. The second kappa shape index (κ2) is 11.7. The lowest BCUT2D eigenvalue weighted by Crippen LogP contribution is -2.49. The third-order valence-corrected chi connectivity index (χ3v) is 5.01. The molecule has 1 fully saturated rings. The van der Waals surface area contributed by atoms with Crippen molar-refractivity contribution in [3.8, 4) is 5.75 Å². The number of ether oxygens (including phenoxy) is 2. The van der Waals surface area contributed by atoms with Gasteiger partial charge in [-0.05, 0) is 70.7 Å². The number of nitrogens with zero attached hydrogens (tertiary/aromatic N) is 1. The maximum absolute atomic E-state index is 13.3. The van der Waals surface area contributed by atoms with Crippen LogP contribution in [0.25, 0.3) is 0 Å². The molecule has 0 spiro atoms. The van der Waals surface area contributed by atoms with E-state index in [2.05, 4.69) is 10.6 Å². The highest BCUT2D eigenvalue weighted by Crippen LogP contribution is 2.36. The molecule has 1 aliphatic carbocycles. The summed E-state index contributed by atoms with van der Waals surface area (Å²) >= 11 is 0. The molecule has 0 heterocycles. The zero-order valence-corrected chi connectivity index (χ0v) is 20.5. The fourth-order valence-electron chi connectivity index (χ4n) is 3.37. The quantitative estimate of drug-likeness (QED) is 0.440. The number of carbonyl (C=O) groups excluding carboxylic acids is 4. The first-order valence-electron chi connectivity index (χ1n) is 11.4. The molecule has 2 rings (SSSR count). The molecule has 188 valence electrons. The number of benzene rings is 1. The van der Waals surface area contributed by atoms with E-state index >= 15 is 0 Å². The molecule has 34 heavy (non-hydrogen) atoms. The lowest BCUT2D eigenvalue weighted by Gasteiger charge is -2.32. The molecule has 1 unspecified atom stereocenters. The maximum atomic E-state index is 13.3. The fourth-order valence-corrected chi connectivity index (χ4v) is 3.37. The van der Waals surface area contributed by atoms with Crippen molar-refractivity contribution in [2.75, 3.05) is 19.7 Å². The number of carbonyl (C=O) groups is 4. The van der Waals surface area contributed by atoms with Gasteiger partial charge in [-0.2, -0.15) is 0 Å². The number of rotatable bonds is 10. The SMILES string of the molecule is CCOC(=O)CCNC(=O)C(c1ccc(O)c(C)c1)N(C(=O)CNC(=O)OC(C)(C)C)C1CC1. The van der Waals surface area contributed by atoms with Gasteiger partial charge in [0.15, 0.2) is 0 Å². The van der Waals surface area contributed by atoms with Crippen molar-refractivity contribution in [2.45, 2.75) is 71.6 Å². The Morgan fingerprint density at radius 1 is 1.18 bits per heavy atom. The third-order valence-electron chi connectivity index (χ3n) is 5.01. The first-order chi connectivity index (χ1) is 15.9. The molecule has 10 heteroatoms. The average Bonchev–Trinajstić information content (AvgIpc) is 3.56. The van der Waals surface area contributed by atoms with Gasteiger partial charge in [0, 0.05) is 12.6 Å². The number of phenols is 1. The van der Waals surface area contributed by atoms with E-state index in [1.54, 1.807) is 46.8 Å². The van der Waals surface area contributed by atoms with E-state index in [0.717, 1.165) is 12.8 Å². The van der Waals surface area contributed by atoms with Crippen LogP contribution in [0.1, 0.15) is 64.1 Å². The van der Waals surface area contributed by atoms with Crippen molar-refractivity contribution in [3.05, 3.63) is 29.3 Å². The number of phenolic OH excluding ortho intramolecular Hbond substituents is 1. The highest BCUT2D eigenvalue weighted by molar-refractivity contribution is 5.91. The first-order valence-corrected chi connectivity index (χ1v) is 11.4. The predicted molar refractivity (Wildman–Crippen MR) is 124 cm³/mol. The van der Waals surface area contributed by atoms with Crippen molar-refractivity contribution in [1.82, 2.24) is 15.5 Å². The molecule has 0 bridgehead atoms. The fraction of sp³-hybridized carbons (Fsp3) is 0.583. The summed E-state index contributed by atoms with van der Waals surface area (Å²) in [6, 6.07) is 3.54. The summed E-state index contributed by atoms with van der Waals surface area (Å²) in [5.74, 6) is -1.27. The molecule has 1 saturated carbocycles. The van der Waals surface area contributed by atoms with Crippen molar-refractivity contribution in [1.29, 1.82) is 0 Å². The van der Waals surface area contributed by atoms with Crippen molar-refractivity contribution >= 4 is 23.9 Å². The summed E-state index contributed by atoms with van der Waals surface area (Å²) < 4.78 is 10.1. The summed E-state index contributed by atoms with van der Waals surface area (Å²) in [6.45, 7) is 8.50. The van der Waals surface area contributed by atoms with Gasteiger partial charge < -0.3 is 30.1 Å². The molecule has 10 nitrogen and oxygen atoms in total. The minimum absolute atomic E-state index is 0.00151. The molecule has 1 atom stereocenters. The average molecular weight is 478 g/mol. The Kier molecular flexibility index (Phi) is 9.28. The third kappa shape index (κ3) is 8.24. The number of amides is 3. The van der Waals surface area contributed by atoms with Crippen LogP contribution in [0.3, 0.4) is 0 Å². The molecule has 1 aromatic carbocycles. The number of nitrogens with one attached hydrogen (secondary N) is 2. The Labute approximate surface area is 200 Å². The van der Waals surface area contributed by atoms with Crippen LogP contribution in [0.5, 0.6) is 5.75 Å². The lowest BCUT2D eigenvalue weighted by atomic mass is 10.0. The summed E-state index contributed by atoms with van der Waals surface area (Å²) in [6.07, 6.45) is 0.717. The van der Waals surface area contributed by atoms with Crippen LogP contribution in [0.4, 0.5) is 4.79 Å². The minimum Gasteiger partial charge on any atom is -0.508 e. The van der Waals surface area contributed by atoms with Gasteiger partial charge in [0.1, 0.15) is 23.9 Å². The van der Waals surface area contributed by atoms with Crippen LogP contribution in [0.2, 0.25) is 0 Å². The Hall–Kier alpha value is -3.30.